The Balaban J connectivity index is -0.000000544. The molecule has 0 atom stereocenters. The van der Waals surface area contributed by atoms with E-state index in [0.717, 1.165) is 71.7 Å². The average Bonchev–Trinajstić information content (AvgIpc) is 0.998. The minimum absolute atomic E-state index is 0. The van der Waals surface area contributed by atoms with Gasteiger partial charge in [-0.3, -0.25) is 0 Å². The van der Waals surface area contributed by atoms with E-state index >= 15 is 0 Å². The van der Waals surface area contributed by atoms with Crippen molar-refractivity contribution in [1.29, 1.82) is 0 Å². The average molecular weight is 1240 g/mol. The number of hydrogen-bond donors (Lipinski definition) is 0. The molecule has 6 aliphatic heterocycles. The molecule has 0 fully saturated rings. The van der Waals surface area contributed by atoms with Gasteiger partial charge in [-0.15, -0.1) is 0 Å². The van der Waals surface area contributed by atoms with E-state index in [4.69, 9.17) is 37.9 Å². The van der Waals surface area contributed by atoms with Crippen molar-refractivity contribution in [3.05, 3.63) is 192 Å². The monoisotopic (exact) mass is 1240 g/mol. The van der Waals surface area contributed by atoms with Gasteiger partial charge in [0.1, 0.15) is 54.8 Å². The predicted octanol–water partition coefficient (Wildman–Crippen LogP) is 25.3. The Morgan fingerprint density at radius 1 is 0.267 bits per heavy atom. The number of hydrogen-bond acceptors (Lipinski definition) is 8. The third-order valence-corrected chi connectivity index (χ3v) is 14.4. The molecular weight excluding hydrogens is 1110 g/mol. The Morgan fingerprint density at radius 3 is 0.789 bits per heavy atom. The molecule has 14 rings (SSSR count). The number of ether oxygens (including phenoxy) is 8. The molecule has 0 aliphatic carbocycles. The molecule has 3 spiro atoms. The minimum Gasteiger partial charge on any atom is -0.489 e. The molecule has 8 heteroatoms. The van der Waals surface area contributed by atoms with Crippen LogP contribution in [0.25, 0.3) is 21.5 Å². The summed E-state index contributed by atoms with van der Waals surface area (Å²) in [6.07, 6.45) is 3.29. The summed E-state index contributed by atoms with van der Waals surface area (Å²) in [5.74, 6) is 5.75. The first-order chi connectivity index (χ1) is 39.4. The summed E-state index contributed by atoms with van der Waals surface area (Å²) in [6.45, 7) is 35.2. The highest BCUT2D eigenvalue weighted by Gasteiger charge is 2.53. The molecule has 504 valence electrons. The molecule has 6 heterocycles. The quantitative estimate of drug-likeness (QED) is 0.149. The zero-order valence-corrected chi connectivity index (χ0v) is 51.6. The van der Waals surface area contributed by atoms with E-state index in [1.807, 2.05) is 144 Å². The maximum Gasteiger partial charge on any atom is 0.259 e. The van der Waals surface area contributed by atoms with Gasteiger partial charge >= 0.3 is 0 Å². The van der Waals surface area contributed by atoms with Crippen LogP contribution in [0.15, 0.2) is 170 Å². The lowest BCUT2D eigenvalue weighted by Crippen LogP contribution is -2.55. The lowest BCUT2D eigenvalue weighted by Gasteiger charge is -2.51. The fraction of sp³-hybridized carbons (Fsp3) is 0.463. The summed E-state index contributed by atoms with van der Waals surface area (Å²) in [4.78, 5) is 0. The van der Waals surface area contributed by atoms with E-state index < -0.39 is 11.6 Å². The topological polar surface area (TPSA) is 73.8 Å². The van der Waals surface area contributed by atoms with Crippen LogP contribution >= 0.6 is 0 Å². The molecule has 0 aromatic heterocycles. The van der Waals surface area contributed by atoms with Crippen LogP contribution in [0.4, 0.5) is 0 Å². The van der Waals surface area contributed by atoms with Crippen molar-refractivity contribution in [3.63, 3.8) is 0 Å². The highest BCUT2D eigenvalue weighted by atomic mass is 16.7. The van der Waals surface area contributed by atoms with E-state index in [1.54, 1.807) is 0 Å². The van der Waals surface area contributed by atoms with Crippen molar-refractivity contribution in [2.45, 2.75) is 226 Å². The van der Waals surface area contributed by atoms with Crippen LogP contribution in [0.1, 0.15) is 213 Å². The van der Waals surface area contributed by atoms with E-state index in [-0.39, 0.29) is 83.1 Å². The van der Waals surface area contributed by atoms with Crippen LogP contribution in [0.5, 0.6) is 46.0 Å². The van der Waals surface area contributed by atoms with Gasteiger partial charge < -0.3 is 37.9 Å². The van der Waals surface area contributed by atoms with E-state index in [0.29, 0.717) is 26.4 Å². The molecule has 90 heavy (non-hydrogen) atoms. The van der Waals surface area contributed by atoms with Crippen molar-refractivity contribution < 1.29 is 37.9 Å². The third kappa shape index (κ3) is 19.8. The van der Waals surface area contributed by atoms with Crippen molar-refractivity contribution in [2.24, 2.45) is 5.41 Å². The lowest BCUT2D eigenvalue weighted by molar-refractivity contribution is -0.166. The number of fused-ring (bicyclic) bond motifs is 8. The molecule has 0 bridgehead atoms. The Kier molecular flexibility index (Phi) is 40.0. The molecule has 0 saturated carbocycles. The minimum atomic E-state index is -0.588. The summed E-state index contributed by atoms with van der Waals surface area (Å²) in [6, 6.07) is 57.7. The van der Waals surface area contributed by atoms with Crippen LogP contribution in [-0.4, -0.2) is 38.0 Å². The second kappa shape index (κ2) is 40.4. The molecule has 0 N–H and O–H groups in total. The van der Waals surface area contributed by atoms with Crippen LogP contribution in [0.3, 0.4) is 0 Å². The summed E-state index contributed by atoms with van der Waals surface area (Å²) < 4.78 is 49.3. The molecular formula is C82H128O8. The lowest BCUT2D eigenvalue weighted by atomic mass is 9.69. The van der Waals surface area contributed by atoms with Gasteiger partial charge in [0.2, 0.25) is 0 Å². The first kappa shape index (κ1) is 89.1. The first-order valence-corrected chi connectivity index (χ1v) is 30.1. The number of rotatable bonds is 0. The summed E-state index contributed by atoms with van der Waals surface area (Å²) in [7, 11) is 0. The predicted molar refractivity (Wildman–Crippen MR) is 397 cm³/mol. The van der Waals surface area contributed by atoms with Gasteiger partial charge in [-0.1, -0.05) is 287 Å². The van der Waals surface area contributed by atoms with Crippen LogP contribution in [0, 0.1) is 5.41 Å². The van der Waals surface area contributed by atoms with Gasteiger partial charge in [-0.25, -0.2) is 0 Å². The van der Waals surface area contributed by atoms with Crippen LogP contribution in [0.2, 0.25) is 0 Å². The summed E-state index contributed by atoms with van der Waals surface area (Å²) in [5.41, 5.74) is 4.75. The van der Waals surface area contributed by atoms with Gasteiger partial charge in [-0.05, 0) is 82.2 Å². The highest BCUT2D eigenvalue weighted by molar-refractivity contribution is 5.86. The Bertz CT molecular complexity index is 2880. The smallest absolute Gasteiger partial charge is 0.259 e. The number of para-hydroxylation sites is 6. The molecule has 0 saturated heterocycles. The molecule has 8 nitrogen and oxygen atoms in total. The van der Waals surface area contributed by atoms with E-state index in [1.165, 1.54) is 43.8 Å². The van der Waals surface area contributed by atoms with Gasteiger partial charge in [0.15, 0.2) is 23.0 Å². The van der Waals surface area contributed by atoms with Crippen molar-refractivity contribution in [2.75, 3.05) is 26.4 Å². The summed E-state index contributed by atoms with van der Waals surface area (Å²) in [5, 5.41) is 4.92. The Labute approximate surface area is 552 Å². The van der Waals surface area contributed by atoms with Gasteiger partial charge in [0, 0.05) is 45.9 Å². The van der Waals surface area contributed by atoms with Gasteiger partial charge in [0.05, 0.1) is 12.8 Å². The Morgan fingerprint density at radius 2 is 0.500 bits per heavy atom. The van der Waals surface area contributed by atoms with Crippen LogP contribution in [-0.2, 0) is 23.7 Å². The van der Waals surface area contributed by atoms with Crippen molar-refractivity contribution in [1.82, 2.24) is 0 Å². The second-order valence-corrected chi connectivity index (χ2v) is 20.9. The van der Waals surface area contributed by atoms with E-state index in [2.05, 4.69) is 137 Å². The fourth-order valence-corrected chi connectivity index (χ4v) is 11.2. The summed E-state index contributed by atoms with van der Waals surface area (Å²) >= 11 is 0. The Hall–Kier alpha value is -7.32. The molecule has 6 aliphatic rings. The maximum atomic E-state index is 6.47. The van der Waals surface area contributed by atoms with Gasteiger partial charge in [0.25, 0.3) is 11.6 Å². The normalized spacial score (nSPS) is 15.1. The maximum absolute atomic E-state index is 6.47. The third-order valence-electron chi connectivity index (χ3n) is 14.4. The second-order valence-electron chi connectivity index (χ2n) is 20.9. The van der Waals surface area contributed by atoms with Gasteiger partial charge in [-0.2, -0.15) is 0 Å². The van der Waals surface area contributed by atoms with Crippen molar-refractivity contribution in [3.8, 4) is 46.0 Å². The zero-order chi connectivity index (χ0) is 58.9. The highest BCUT2D eigenvalue weighted by Crippen LogP contribution is 2.54. The molecule has 0 radical (unpaired) electrons. The first-order valence-electron chi connectivity index (χ1n) is 30.1. The molecule has 0 amide bonds. The zero-order valence-electron chi connectivity index (χ0n) is 51.6. The van der Waals surface area contributed by atoms with Crippen molar-refractivity contribution >= 4 is 21.5 Å². The fourth-order valence-electron chi connectivity index (χ4n) is 11.2. The molecule has 0 unspecified atom stereocenters. The SMILES string of the molecule is C.C.C.C.C.C.C.C.C.CC.CC.CC.CC.CC.CC.CC1(C)CC2(CC(C)(C)c3ccccc3O2)Oc2ccccc21.c1ccc2c(c1)OCC1(CO2)COc2ccccc2OC1.c1ccc2cc3c(cc2c1)CC1(Cc2cc4ccccc4cc2O1)O3. The largest absolute Gasteiger partial charge is 0.489 e. The molecule has 8 aromatic rings. The standard InChI is InChI=1S/C23H16O2.C21H24O2.C17H16O4.6C2H6.9CH4/c1-3-7-17-11-21-19(9-15(17)5-1)13-23(24-21)14-20-10-16-6-2-4-8-18(16)12-22(20)25-23;1-19(2)13-21(22-17-11-7-5-9-15(17)19)14-20(3,4)16-10-6-8-12-18(16)23-21;1-2-6-14-13(5-1)18-9-17(10-19-14)11-20-15-7-3-4-8-16(15)21-12-17;6*1-2;;;;;;;;;/h1-12H,13-14H2;5-12H,13-14H2,1-4H3;1-8H,9-12H2;6*1-2H3;9*1H4. The van der Waals surface area contributed by atoms with E-state index in [9.17, 15) is 0 Å². The van der Waals surface area contributed by atoms with Crippen LogP contribution < -0.4 is 37.9 Å². The molecule has 8 aromatic carbocycles. The number of benzene rings is 8.